The number of aromatic nitrogens is 1. The molecule has 1 amide bonds. The molecule has 100 valence electrons. The Morgan fingerprint density at radius 2 is 2.11 bits per heavy atom. The fourth-order valence-electron chi connectivity index (χ4n) is 2.28. The first-order chi connectivity index (χ1) is 8.56. The van der Waals surface area contributed by atoms with Crippen LogP contribution in [0.4, 0.5) is 5.82 Å². The number of carbonyl (C=O) groups is 1. The van der Waals surface area contributed by atoms with E-state index in [0.29, 0.717) is 11.6 Å². The van der Waals surface area contributed by atoms with Crippen LogP contribution in [0, 0.1) is 6.92 Å². The number of piperazine rings is 1. The molecule has 0 radical (unpaired) electrons. The van der Waals surface area contributed by atoms with Crippen molar-refractivity contribution in [3.8, 4) is 0 Å². The minimum atomic E-state index is -0.0462. The number of hydrogen-bond donors (Lipinski definition) is 3. The maximum absolute atomic E-state index is 12.1. The molecular formula is C12H22N4O2+2. The van der Waals surface area contributed by atoms with Gasteiger partial charge in [-0.1, -0.05) is 5.16 Å². The highest BCUT2D eigenvalue weighted by atomic mass is 16.5. The van der Waals surface area contributed by atoms with E-state index in [0.717, 1.165) is 26.2 Å². The van der Waals surface area contributed by atoms with Gasteiger partial charge < -0.3 is 19.6 Å². The molecule has 1 saturated heterocycles. The molecule has 3 N–H and O–H groups in total. The van der Waals surface area contributed by atoms with Crippen molar-refractivity contribution >= 4 is 11.7 Å². The first kappa shape index (κ1) is 13.0. The van der Waals surface area contributed by atoms with Crippen molar-refractivity contribution in [2.24, 2.45) is 0 Å². The number of likely N-dealkylation sites (N-methyl/N-ethyl adjacent to an activating group) is 1. The molecule has 1 aliphatic heterocycles. The van der Waals surface area contributed by atoms with Crippen molar-refractivity contribution < 1.29 is 19.1 Å². The van der Waals surface area contributed by atoms with Crippen molar-refractivity contribution in [3.05, 3.63) is 11.8 Å². The maximum Gasteiger partial charge on any atom is 0.283 e. The lowest BCUT2D eigenvalue weighted by Gasteiger charge is -2.30. The Labute approximate surface area is 107 Å². The van der Waals surface area contributed by atoms with Crippen LogP contribution in [0.15, 0.2) is 10.6 Å². The Morgan fingerprint density at radius 1 is 1.44 bits per heavy atom. The Morgan fingerprint density at radius 3 is 2.67 bits per heavy atom. The monoisotopic (exact) mass is 254 g/mol. The van der Waals surface area contributed by atoms with Crippen LogP contribution >= 0.6 is 0 Å². The van der Waals surface area contributed by atoms with Gasteiger partial charge in [-0.05, 0) is 13.8 Å². The van der Waals surface area contributed by atoms with Crippen molar-refractivity contribution in [3.63, 3.8) is 0 Å². The summed E-state index contributed by atoms with van der Waals surface area (Å²) in [5, 5.41) is 6.57. The SMILES string of the molecule is Cc1cc(NC(=O)[C@@H](C)[NH+]2CC[NH+](C)CC2)no1. The minimum Gasteiger partial charge on any atom is -0.360 e. The van der Waals surface area contributed by atoms with E-state index in [1.54, 1.807) is 17.9 Å². The van der Waals surface area contributed by atoms with Gasteiger partial charge in [0.15, 0.2) is 11.9 Å². The molecule has 0 spiro atoms. The summed E-state index contributed by atoms with van der Waals surface area (Å²) in [7, 11) is 2.19. The van der Waals surface area contributed by atoms with Crippen LogP contribution < -0.4 is 15.1 Å². The van der Waals surface area contributed by atoms with Gasteiger partial charge in [0, 0.05) is 6.07 Å². The summed E-state index contributed by atoms with van der Waals surface area (Å²) in [4.78, 5) is 15.0. The van der Waals surface area contributed by atoms with E-state index >= 15 is 0 Å². The number of amides is 1. The molecular weight excluding hydrogens is 232 g/mol. The molecule has 2 heterocycles. The quantitative estimate of drug-likeness (QED) is 0.570. The van der Waals surface area contributed by atoms with Gasteiger partial charge in [0.05, 0.1) is 7.05 Å². The van der Waals surface area contributed by atoms with Gasteiger partial charge in [-0.15, -0.1) is 0 Å². The van der Waals surface area contributed by atoms with E-state index in [2.05, 4.69) is 17.5 Å². The normalized spacial score (nSPS) is 25.7. The minimum absolute atomic E-state index is 0.0119. The van der Waals surface area contributed by atoms with E-state index in [9.17, 15) is 4.79 Å². The molecule has 0 aliphatic carbocycles. The average molecular weight is 254 g/mol. The second-order valence-corrected chi connectivity index (χ2v) is 5.15. The molecule has 6 nitrogen and oxygen atoms in total. The van der Waals surface area contributed by atoms with Crippen LogP contribution in [0.25, 0.3) is 0 Å². The third kappa shape index (κ3) is 3.08. The second kappa shape index (κ2) is 5.49. The highest BCUT2D eigenvalue weighted by molar-refractivity contribution is 5.92. The lowest BCUT2D eigenvalue weighted by molar-refractivity contribution is -1.01. The zero-order chi connectivity index (χ0) is 13.1. The van der Waals surface area contributed by atoms with Gasteiger partial charge in [0.1, 0.15) is 31.9 Å². The predicted octanol–water partition coefficient (Wildman–Crippen LogP) is -2.28. The largest absolute Gasteiger partial charge is 0.360 e. The molecule has 1 aromatic rings. The highest BCUT2D eigenvalue weighted by Gasteiger charge is 2.30. The van der Waals surface area contributed by atoms with Crippen molar-refractivity contribution in [1.82, 2.24) is 5.16 Å². The summed E-state index contributed by atoms with van der Waals surface area (Å²) in [6, 6.07) is 1.68. The van der Waals surface area contributed by atoms with Crippen LogP contribution in [-0.4, -0.2) is 50.3 Å². The number of anilines is 1. The van der Waals surface area contributed by atoms with E-state index < -0.39 is 0 Å². The summed E-state index contributed by atoms with van der Waals surface area (Å²) in [6.07, 6.45) is 0. The molecule has 0 unspecified atom stereocenters. The standard InChI is InChI=1S/C12H20N4O2/c1-9-8-11(14-18-9)13-12(17)10(2)16-6-4-15(3)5-7-16/h8,10H,4-7H2,1-3H3,(H,13,14,17)/p+2/t10-/m1/s1. The number of aryl methyl sites for hydroxylation is 1. The predicted molar refractivity (Wildman–Crippen MR) is 66.6 cm³/mol. The molecule has 18 heavy (non-hydrogen) atoms. The van der Waals surface area contributed by atoms with Crippen LogP contribution in [0.3, 0.4) is 0 Å². The third-order valence-corrected chi connectivity index (χ3v) is 3.63. The number of nitrogens with zero attached hydrogens (tertiary/aromatic N) is 1. The fourth-order valence-corrected chi connectivity index (χ4v) is 2.28. The molecule has 2 rings (SSSR count). The summed E-state index contributed by atoms with van der Waals surface area (Å²) < 4.78 is 4.93. The molecule has 1 aromatic heterocycles. The van der Waals surface area contributed by atoms with Gasteiger partial charge in [0.25, 0.3) is 5.91 Å². The molecule has 1 aliphatic rings. The average Bonchev–Trinajstić information content (AvgIpc) is 2.75. The summed E-state index contributed by atoms with van der Waals surface area (Å²) in [5.41, 5.74) is 0. The number of nitrogens with one attached hydrogen (secondary N) is 3. The number of rotatable bonds is 3. The van der Waals surface area contributed by atoms with Crippen LogP contribution in [-0.2, 0) is 4.79 Å². The number of quaternary nitrogens is 2. The van der Waals surface area contributed by atoms with E-state index in [1.165, 1.54) is 4.90 Å². The van der Waals surface area contributed by atoms with Gasteiger partial charge in [-0.3, -0.25) is 4.79 Å². The van der Waals surface area contributed by atoms with Gasteiger partial charge in [-0.25, -0.2) is 0 Å². The van der Waals surface area contributed by atoms with Crippen LogP contribution in [0.1, 0.15) is 12.7 Å². The molecule has 0 bridgehead atoms. The molecule has 6 heteroatoms. The molecule has 1 atom stereocenters. The number of hydrogen-bond acceptors (Lipinski definition) is 3. The molecule has 0 aromatic carbocycles. The van der Waals surface area contributed by atoms with Crippen molar-refractivity contribution in [2.75, 3.05) is 38.5 Å². The van der Waals surface area contributed by atoms with Gasteiger partial charge in [-0.2, -0.15) is 0 Å². The Bertz CT molecular complexity index is 410. The topological polar surface area (TPSA) is 64.0 Å². The zero-order valence-electron chi connectivity index (χ0n) is 11.2. The van der Waals surface area contributed by atoms with E-state index in [1.807, 2.05) is 6.92 Å². The van der Waals surface area contributed by atoms with E-state index in [-0.39, 0.29) is 11.9 Å². The Kier molecular flexibility index (Phi) is 3.98. The van der Waals surface area contributed by atoms with Crippen LogP contribution in [0.2, 0.25) is 0 Å². The first-order valence-electron chi connectivity index (χ1n) is 6.46. The van der Waals surface area contributed by atoms with Crippen molar-refractivity contribution in [2.45, 2.75) is 19.9 Å². The Hall–Kier alpha value is -1.40. The van der Waals surface area contributed by atoms with Gasteiger partial charge >= 0.3 is 0 Å². The Balaban J connectivity index is 1.88. The smallest absolute Gasteiger partial charge is 0.283 e. The van der Waals surface area contributed by atoms with Crippen LogP contribution in [0.5, 0.6) is 0 Å². The lowest BCUT2D eigenvalue weighted by Crippen LogP contribution is -3.29. The summed E-state index contributed by atoms with van der Waals surface area (Å²) >= 11 is 0. The lowest BCUT2D eigenvalue weighted by atomic mass is 10.2. The molecule has 1 fully saturated rings. The summed E-state index contributed by atoms with van der Waals surface area (Å²) in [6.45, 7) is 8.10. The number of carbonyl (C=O) groups excluding carboxylic acids is 1. The third-order valence-electron chi connectivity index (χ3n) is 3.63. The van der Waals surface area contributed by atoms with E-state index in [4.69, 9.17) is 4.52 Å². The summed E-state index contributed by atoms with van der Waals surface area (Å²) in [5.74, 6) is 1.22. The second-order valence-electron chi connectivity index (χ2n) is 5.15. The highest BCUT2D eigenvalue weighted by Crippen LogP contribution is 2.06. The van der Waals surface area contributed by atoms with Gasteiger partial charge in [0.2, 0.25) is 0 Å². The zero-order valence-corrected chi connectivity index (χ0v) is 11.2. The maximum atomic E-state index is 12.1. The van der Waals surface area contributed by atoms with Crippen molar-refractivity contribution in [1.29, 1.82) is 0 Å². The fraction of sp³-hybridized carbons (Fsp3) is 0.667. The molecule has 0 saturated carbocycles. The first-order valence-corrected chi connectivity index (χ1v) is 6.46.